The van der Waals surface area contributed by atoms with Crippen molar-refractivity contribution in [3.8, 4) is 11.5 Å². The fourth-order valence-corrected chi connectivity index (χ4v) is 4.95. The standard InChI is InChI=1S/C31H30ClNO5/c1-17(2)12-13-37-25-11-8-20(15-26(25)36-5)28-27-29(34)22-14-18(3)6-10-24(22)38-30(27)31(35)33(28)21-9-7-19(4)23(32)16-21/h6-11,14-17,28H,12-13H2,1-5H3. The molecule has 6 nitrogen and oxygen atoms in total. The van der Waals surface area contributed by atoms with E-state index in [2.05, 4.69) is 13.8 Å². The third-order valence-corrected chi connectivity index (χ3v) is 7.32. The molecule has 2 heterocycles. The van der Waals surface area contributed by atoms with E-state index in [1.807, 2.05) is 50.2 Å². The van der Waals surface area contributed by atoms with Gasteiger partial charge in [0.1, 0.15) is 5.58 Å². The summed E-state index contributed by atoms with van der Waals surface area (Å²) in [6.07, 6.45) is 0.908. The second-order valence-corrected chi connectivity index (χ2v) is 10.5. The zero-order valence-electron chi connectivity index (χ0n) is 22.1. The van der Waals surface area contributed by atoms with Crippen LogP contribution in [-0.4, -0.2) is 19.6 Å². The highest BCUT2D eigenvalue weighted by Crippen LogP contribution is 2.44. The van der Waals surface area contributed by atoms with Gasteiger partial charge in [-0.15, -0.1) is 0 Å². The summed E-state index contributed by atoms with van der Waals surface area (Å²) in [7, 11) is 1.57. The van der Waals surface area contributed by atoms with E-state index < -0.39 is 11.9 Å². The van der Waals surface area contributed by atoms with Gasteiger partial charge in [-0.1, -0.05) is 49.2 Å². The van der Waals surface area contributed by atoms with Gasteiger partial charge in [-0.05, 0) is 73.7 Å². The summed E-state index contributed by atoms with van der Waals surface area (Å²) in [5, 5.41) is 0.961. The molecule has 7 heteroatoms. The van der Waals surface area contributed by atoms with Crippen molar-refractivity contribution in [3.05, 3.63) is 97.9 Å². The number of carbonyl (C=O) groups is 1. The number of nitrogens with zero attached hydrogens (tertiary/aromatic N) is 1. The van der Waals surface area contributed by atoms with Crippen LogP contribution in [0.1, 0.15) is 59.1 Å². The number of amides is 1. The average molecular weight is 532 g/mol. The minimum absolute atomic E-state index is 0.0317. The number of methoxy groups -OCH3 is 1. The molecule has 196 valence electrons. The number of hydrogen-bond acceptors (Lipinski definition) is 5. The van der Waals surface area contributed by atoms with Crippen LogP contribution >= 0.6 is 11.6 Å². The second kappa shape index (κ2) is 10.2. The van der Waals surface area contributed by atoms with Gasteiger partial charge in [-0.3, -0.25) is 14.5 Å². The van der Waals surface area contributed by atoms with E-state index in [4.69, 9.17) is 25.5 Å². The van der Waals surface area contributed by atoms with Gasteiger partial charge in [0.2, 0.25) is 5.76 Å². The number of carbonyl (C=O) groups excluding carboxylic acids is 1. The summed E-state index contributed by atoms with van der Waals surface area (Å²) in [6, 6.07) is 15.6. The topological polar surface area (TPSA) is 69.0 Å². The fraction of sp³-hybridized carbons (Fsp3) is 0.290. The number of aryl methyl sites for hydroxylation is 2. The molecule has 0 bridgehead atoms. The van der Waals surface area contributed by atoms with Crippen LogP contribution in [0, 0.1) is 19.8 Å². The lowest BCUT2D eigenvalue weighted by atomic mass is 9.97. The second-order valence-electron chi connectivity index (χ2n) is 10.1. The molecule has 1 unspecified atom stereocenters. The molecular formula is C31H30ClNO5. The lowest BCUT2D eigenvalue weighted by molar-refractivity contribution is 0.0971. The molecule has 0 saturated heterocycles. The number of anilines is 1. The average Bonchev–Trinajstić information content (AvgIpc) is 3.18. The van der Waals surface area contributed by atoms with Crippen LogP contribution in [0.15, 0.2) is 63.8 Å². The van der Waals surface area contributed by atoms with E-state index >= 15 is 0 Å². The summed E-state index contributed by atoms with van der Waals surface area (Å²) in [5.74, 6) is 1.27. The molecule has 0 fully saturated rings. The fourth-order valence-electron chi connectivity index (χ4n) is 4.78. The van der Waals surface area contributed by atoms with Gasteiger partial charge in [-0.2, -0.15) is 0 Å². The smallest absolute Gasteiger partial charge is 0.295 e. The molecule has 0 spiro atoms. The molecule has 38 heavy (non-hydrogen) atoms. The van der Waals surface area contributed by atoms with Gasteiger partial charge in [0, 0.05) is 10.7 Å². The Hall–Kier alpha value is -3.77. The highest BCUT2D eigenvalue weighted by Gasteiger charge is 2.44. The normalized spacial score (nSPS) is 14.9. The molecule has 0 aliphatic carbocycles. The predicted octanol–water partition coefficient (Wildman–Crippen LogP) is 7.25. The van der Waals surface area contributed by atoms with Gasteiger partial charge in [0.25, 0.3) is 5.91 Å². The Bertz CT molecular complexity index is 1610. The molecule has 5 rings (SSSR count). The Kier molecular flexibility index (Phi) is 6.93. The van der Waals surface area contributed by atoms with Crippen molar-refractivity contribution < 1.29 is 18.7 Å². The maximum absolute atomic E-state index is 13.9. The van der Waals surface area contributed by atoms with E-state index in [0.29, 0.717) is 56.8 Å². The number of halogens is 1. The van der Waals surface area contributed by atoms with Crippen LogP contribution in [0.25, 0.3) is 11.0 Å². The minimum Gasteiger partial charge on any atom is -0.493 e. The Morgan fingerprint density at radius 3 is 2.50 bits per heavy atom. The van der Waals surface area contributed by atoms with Crippen molar-refractivity contribution in [2.45, 2.75) is 40.2 Å². The largest absolute Gasteiger partial charge is 0.493 e. The number of benzene rings is 3. The summed E-state index contributed by atoms with van der Waals surface area (Å²) in [6.45, 7) is 8.65. The maximum Gasteiger partial charge on any atom is 0.295 e. The van der Waals surface area contributed by atoms with Crippen molar-refractivity contribution in [1.29, 1.82) is 0 Å². The summed E-state index contributed by atoms with van der Waals surface area (Å²) >= 11 is 6.46. The zero-order chi connectivity index (χ0) is 27.1. The van der Waals surface area contributed by atoms with E-state index in [1.54, 1.807) is 30.2 Å². The lowest BCUT2D eigenvalue weighted by Gasteiger charge is -2.26. The Labute approximate surface area is 226 Å². The molecule has 0 N–H and O–H groups in total. The summed E-state index contributed by atoms with van der Waals surface area (Å²) in [5.41, 5.74) is 3.51. The molecular weight excluding hydrogens is 502 g/mol. The van der Waals surface area contributed by atoms with Crippen molar-refractivity contribution in [3.63, 3.8) is 0 Å². The number of rotatable bonds is 7. The molecule has 0 saturated carbocycles. The van der Waals surface area contributed by atoms with Gasteiger partial charge in [-0.25, -0.2) is 0 Å². The van der Waals surface area contributed by atoms with E-state index in [0.717, 1.165) is 17.5 Å². The lowest BCUT2D eigenvalue weighted by Crippen LogP contribution is -2.29. The Morgan fingerprint density at radius 2 is 1.79 bits per heavy atom. The highest BCUT2D eigenvalue weighted by atomic mass is 35.5. The van der Waals surface area contributed by atoms with Crippen LogP contribution in [-0.2, 0) is 0 Å². The van der Waals surface area contributed by atoms with Gasteiger partial charge < -0.3 is 13.9 Å². The van der Waals surface area contributed by atoms with Crippen molar-refractivity contribution in [1.82, 2.24) is 0 Å². The molecule has 0 radical (unpaired) electrons. The maximum atomic E-state index is 13.9. The van der Waals surface area contributed by atoms with Crippen molar-refractivity contribution >= 4 is 34.2 Å². The molecule has 3 aromatic carbocycles. The van der Waals surface area contributed by atoms with Crippen molar-refractivity contribution in [2.75, 3.05) is 18.6 Å². The number of fused-ring (bicyclic) bond motifs is 2. The molecule has 1 aromatic heterocycles. The van der Waals surface area contributed by atoms with Crippen LogP contribution < -0.4 is 19.8 Å². The predicted molar refractivity (Wildman–Crippen MR) is 150 cm³/mol. The van der Waals surface area contributed by atoms with Gasteiger partial charge in [0.15, 0.2) is 16.9 Å². The molecule has 1 aliphatic heterocycles. The Morgan fingerprint density at radius 1 is 1.00 bits per heavy atom. The van der Waals surface area contributed by atoms with Crippen LogP contribution in [0.4, 0.5) is 5.69 Å². The first-order valence-corrected chi connectivity index (χ1v) is 13.0. The Balaban J connectivity index is 1.70. The van der Waals surface area contributed by atoms with Gasteiger partial charge in [0.05, 0.1) is 30.7 Å². The zero-order valence-corrected chi connectivity index (χ0v) is 22.9. The molecule has 1 amide bonds. The molecule has 1 aliphatic rings. The first kappa shape index (κ1) is 25.9. The molecule has 1 atom stereocenters. The third-order valence-electron chi connectivity index (χ3n) is 6.92. The minimum atomic E-state index is -0.740. The first-order chi connectivity index (χ1) is 18.2. The first-order valence-electron chi connectivity index (χ1n) is 12.7. The molecule has 4 aromatic rings. The summed E-state index contributed by atoms with van der Waals surface area (Å²) in [4.78, 5) is 29.3. The van der Waals surface area contributed by atoms with Gasteiger partial charge >= 0.3 is 0 Å². The van der Waals surface area contributed by atoms with E-state index in [-0.39, 0.29) is 11.2 Å². The van der Waals surface area contributed by atoms with Crippen LogP contribution in [0.5, 0.6) is 11.5 Å². The highest BCUT2D eigenvalue weighted by molar-refractivity contribution is 6.31. The third kappa shape index (κ3) is 4.54. The van der Waals surface area contributed by atoms with Crippen molar-refractivity contribution in [2.24, 2.45) is 5.92 Å². The number of ether oxygens (including phenoxy) is 2. The quantitative estimate of drug-likeness (QED) is 0.251. The number of hydrogen-bond donors (Lipinski definition) is 0. The van der Waals surface area contributed by atoms with E-state index in [1.165, 1.54) is 0 Å². The van der Waals surface area contributed by atoms with Crippen LogP contribution in [0.2, 0.25) is 5.02 Å². The SMILES string of the molecule is COc1cc(C2c3c(oc4ccc(C)cc4c3=O)C(=O)N2c2ccc(C)c(Cl)c2)ccc1OCCC(C)C. The van der Waals surface area contributed by atoms with E-state index in [9.17, 15) is 9.59 Å². The summed E-state index contributed by atoms with van der Waals surface area (Å²) < 4.78 is 17.7. The van der Waals surface area contributed by atoms with Crippen LogP contribution in [0.3, 0.4) is 0 Å². The monoisotopic (exact) mass is 531 g/mol.